The van der Waals surface area contributed by atoms with Gasteiger partial charge in [-0.25, -0.2) is 0 Å². The summed E-state index contributed by atoms with van der Waals surface area (Å²) in [4.78, 5) is 11.9. The number of nitrogens with two attached hydrogens (primary N) is 2. The molecule has 0 aromatic carbocycles. The van der Waals surface area contributed by atoms with E-state index in [1.54, 1.807) is 0 Å². The third kappa shape index (κ3) is 5.83. The molecule has 0 unspecified atom stereocenters. The van der Waals surface area contributed by atoms with Crippen LogP contribution < -0.4 is 16.8 Å². The summed E-state index contributed by atoms with van der Waals surface area (Å²) in [5.74, 6) is 0.181. The van der Waals surface area contributed by atoms with Crippen LogP contribution in [-0.4, -0.2) is 24.5 Å². The van der Waals surface area contributed by atoms with Crippen LogP contribution in [0.5, 0.6) is 0 Å². The summed E-state index contributed by atoms with van der Waals surface area (Å²) >= 11 is 0. The van der Waals surface area contributed by atoms with E-state index < -0.39 is 0 Å². The first-order valence-electron chi connectivity index (χ1n) is 7.18. The van der Waals surface area contributed by atoms with E-state index in [-0.39, 0.29) is 11.3 Å². The van der Waals surface area contributed by atoms with Crippen molar-refractivity contribution in [2.45, 2.75) is 70.9 Å². The highest BCUT2D eigenvalue weighted by atomic mass is 16.1. The van der Waals surface area contributed by atoms with Crippen molar-refractivity contribution in [2.75, 3.05) is 6.54 Å². The van der Waals surface area contributed by atoms with E-state index in [0.29, 0.717) is 25.0 Å². The van der Waals surface area contributed by atoms with E-state index in [1.807, 2.05) is 0 Å². The monoisotopic (exact) mass is 255 g/mol. The smallest absolute Gasteiger partial charge is 0.220 e. The molecule has 0 saturated heterocycles. The molecule has 1 rings (SSSR count). The zero-order valence-electron chi connectivity index (χ0n) is 11.9. The fourth-order valence-electron chi connectivity index (χ4n) is 2.53. The van der Waals surface area contributed by atoms with Gasteiger partial charge in [-0.2, -0.15) is 0 Å². The average molecular weight is 255 g/mol. The van der Waals surface area contributed by atoms with Crippen molar-refractivity contribution in [1.82, 2.24) is 5.32 Å². The van der Waals surface area contributed by atoms with Crippen LogP contribution in [0.2, 0.25) is 0 Å². The summed E-state index contributed by atoms with van der Waals surface area (Å²) in [6, 6.07) is 0.677. The Kier molecular flexibility index (Phi) is 6.09. The van der Waals surface area contributed by atoms with Gasteiger partial charge in [-0.3, -0.25) is 4.79 Å². The molecule has 0 radical (unpaired) electrons. The van der Waals surface area contributed by atoms with Gasteiger partial charge in [0.1, 0.15) is 0 Å². The van der Waals surface area contributed by atoms with Crippen molar-refractivity contribution in [1.29, 1.82) is 0 Å². The van der Waals surface area contributed by atoms with E-state index in [0.717, 1.165) is 38.5 Å². The summed E-state index contributed by atoms with van der Waals surface area (Å²) in [7, 11) is 0. The van der Waals surface area contributed by atoms with Gasteiger partial charge in [0.2, 0.25) is 5.91 Å². The lowest BCUT2D eigenvalue weighted by molar-refractivity contribution is -0.122. The first-order chi connectivity index (χ1) is 8.43. The Bertz CT molecular complexity index is 258. The second kappa shape index (κ2) is 7.10. The Morgan fingerprint density at radius 3 is 2.39 bits per heavy atom. The molecule has 1 aliphatic rings. The molecular formula is C14H29N3O. The molecule has 1 aliphatic carbocycles. The normalized spacial score (nSPS) is 24.9. The predicted octanol–water partition coefficient (Wildman–Crippen LogP) is 1.53. The van der Waals surface area contributed by atoms with Crippen molar-refractivity contribution in [3.05, 3.63) is 0 Å². The molecule has 0 aliphatic heterocycles. The van der Waals surface area contributed by atoms with Crippen LogP contribution in [-0.2, 0) is 4.79 Å². The number of nitrogens with one attached hydrogen (secondary N) is 1. The summed E-state index contributed by atoms with van der Waals surface area (Å²) in [5.41, 5.74) is 11.6. The molecule has 0 aromatic rings. The molecule has 5 N–H and O–H groups in total. The van der Waals surface area contributed by atoms with Crippen molar-refractivity contribution in [2.24, 2.45) is 16.9 Å². The molecule has 0 atom stereocenters. The highest BCUT2D eigenvalue weighted by molar-refractivity contribution is 5.76. The number of rotatable bonds is 6. The summed E-state index contributed by atoms with van der Waals surface area (Å²) < 4.78 is 0. The van der Waals surface area contributed by atoms with Gasteiger partial charge in [0.15, 0.2) is 0 Å². The first-order valence-corrected chi connectivity index (χ1v) is 7.18. The summed E-state index contributed by atoms with van der Waals surface area (Å²) in [6.45, 7) is 5.04. The van der Waals surface area contributed by atoms with E-state index in [2.05, 4.69) is 19.2 Å². The maximum absolute atomic E-state index is 11.9. The number of amides is 1. The minimum Gasteiger partial charge on any atom is -0.353 e. The molecule has 4 heteroatoms. The van der Waals surface area contributed by atoms with Crippen LogP contribution in [0, 0.1) is 5.41 Å². The molecule has 0 bridgehead atoms. The van der Waals surface area contributed by atoms with Gasteiger partial charge in [-0.05, 0) is 50.5 Å². The molecular weight excluding hydrogens is 226 g/mol. The highest BCUT2D eigenvalue weighted by Crippen LogP contribution is 2.26. The molecule has 4 nitrogen and oxygen atoms in total. The van der Waals surface area contributed by atoms with E-state index in [4.69, 9.17) is 11.5 Å². The van der Waals surface area contributed by atoms with E-state index in [1.165, 1.54) is 0 Å². The van der Waals surface area contributed by atoms with Gasteiger partial charge >= 0.3 is 0 Å². The topological polar surface area (TPSA) is 81.1 Å². The van der Waals surface area contributed by atoms with Crippen LogP contribution in [0.4, 0.5) is 0 Å². The highest BCUT2D eigenvalue weighted by Gasteiger charge is 2.22. The Hall–Kier alpha value is -0.610. The Balaban J connectivity index is 2.21. The molecule has 1 amide bonds. The van der Waals surface area contributed by atoms with Crippen LogP contribution in [0.15, 0.2) is 0 Å². The third-order valence-electron chi connectivity index (χ3n) is 3.99. The van der Waals surface area contributed by atoms with Gasteiger partial charge in [0.25, 0.3) is 0 Å². The van der Waals surface area contributed by atoms with Crippen molar-refractivity contribution in [3.8, 4) is 0 Å². The lowest BCUT2D eigenvalue weighted by Gasteiger charge is -2.28. The SMILES string of the molecule is CC(C)(CCN)CCC(=O)NC1CCC(N)CC1. The molecule has 18 heavy (non-hydrogen) atoms. The molecule has 1 saturated carbocycles. The van der Waals surface area contributed by atoms with Gasteiger partial charge in [-0.1, -0.05) is 13.8 Å². The van der Waals surface area contributed by atoms with Gasteiger partial charge < -0.3 is 16.8 Å². The maximum Gasteiger partial charge on any atom is 0.220 e. The van der Waals surface area contributed by atoms with Crippen LogP contribution in [0.1, 0.15) is 58.8 Å². The van der Waals surface area contributed by atoms with Gasteiger partial charge in [-0.15, -0.1) is 0 Å². The summed E-state index contributed by atoms with van der Waals surface area (Å²) in [5, 5.41) is 3.13. The number of hydrogen-bond acceptors (Lipinski definition) is 3. The Morgan fingerprint density at radius 2 is 1.83 bits per heavy atom. The van der Waals surface area contributed by atoms with Gasteiger partial charge in [0, 0.05) is 18.5 Å². The Labute approximate surface area is 111 Å². The zero-order valence-corrected chi connectivity index (χ0v) is 11.9. The molecule has 0 heterocycles. The quantitative estimate of drug-likeness (QED) is 0.673. The molecule has 0 spiro atoms. The zero-order chi connectivity index (χ0) is 13.6. The summed E-state index contributed by atoms with van der Waals surface area (Å²) in [6.07, 6.45) is 6.60. The van der Waals surface area contributed by atoms with Crippen LogP contribution in [0.3, 0.4) is 0 Å². The second-order valence-corrected chi connectivity index (χ2v) is 6.38. The fourth-order valence-corrected chi connectivity index (χ4v) is 2.53. The maximum atomic E-state index is 11.9. The van der Waals surface area contributed by atoms with Gasteiger partial charge in [0.05, 0.1) is 0 Å². The average Bonchev–Trinajstić information content (AvgIpc) is 2.30. The second-order valence-electron chi connectivity index (χ2n) is 6.38. The number of carbonyl (C=O) groups excluding carboxylic acids is 1. The van der Waals surface area contributed by atoms with E-state index >= 15 is 0 Å². The fraction of sp³-hybridized carbons (Fsp3) is 0.929. The van der Waals surface area contributed by atoms with Crippen molar-refractivity contribution in [3.63, 3.8) is 0 Å². The lowest BCUT2D eigenvalue weighted by atomic mass is 9.84. The molecule has 0 aromatic heterocycles. The largest absolute Gasteiger partial charge is 0.353 e. The van der Waals surface area contributed by atoms with Crippen LogP contribution in [0.25, 0.3) is 0 Å². The minimum atomic E-state index is 0.168. The van der Waals surface area contributed by atoms with E-state index in [9.17, 15) is 4.79 Å². The standard InChI is InChI=1S/C14H29N3O/c1-14(2,9-10-15)8-7-13(18)17-12-5-3-11(16)4-6-12/h11-12H,3-10,15-16H2,1-2H3,(H,17,18). The third-order valence-corrected chi connectivity index (χ3v) is 3.99. The first kappa shape index (κ1) is 15.4. The number of hydrogen-bond donors (Lipinski definition) is 3. The number of carbonyl (C=O) groups is 1. The molecule has 1 fully saturated rings. The van der Waals surface area contributed by atoms with Crippen molar-refractivity contribution >= 4 is 5.91 Å². The molecule has 106 valence electrons. The Morgan fingerprint density at radius 1 is 1.22 bits per heavy atom. The van der Waals surface area contributed by atoms with Crippen LogP contribution >= 0.6 is 0 Å². The lowest BCUT2D eigenvalue weighted by Crippen LogP contribution is -2.40. The van der Waals surface area contributed by atoms with Crippen molar-refractivity contribution < 1.29 is 4.79 Å². The predicted molar refractivity (Wildman–Crippen MR) is 75.1 cm³/mol. The minimum absolute atomic E-state index is 0.168.